The summed E-state index contributed by atoms with van der Waals surface area (Å²) in [7, 11) is 0. The summed E-state index contributed by atoms with van der Waals surface area (Å²) in [6.45, 7) is 6.95. The number of ether oxygens (including phenoxy) is 1. The van der Waals surface area contributed by atoms with Crippen LogP contribution in [0.5, 0.6) is 0 Å². The number of carboxylic acids is 1. The largest absolute Gasteiger partial charge is 0.481 e. The van der Waals surface area contributed by atoms with Crippen LogP contribution in [0, 0.1) is 25.7 Å². The Labute approximate surface area is 153 Å². The fourth-order valence-electron chi connectivity index (χ4n) is 4.35. The van der Waals surface area contributed by atoms with Crippen LogP contribution in [0.1, 0.15) is 11.1 Å². The molecule has 26 heavy (non-hydrogen) atoms. The van der Waals surface area contributed by atoms with E-state index in [4.69, 9.17) is 4.74 Å². The summed E-state index contributed by atoms with van der Waals surface area (Å²) in [5.41, 5.74) is 3.74. The van der Waals surface area contributed by atoms with E-state index in [9.17, 15) is 14.7 Å². The predicted octanol–water partition coefficient (Wildman–Crippen LogP) is 1.61. The molecule has 4 atom stereocenters. The molecule has 3 heterocycles. The van der Waals surface area contributed by atoms with E-state index < -0.39 is 30.0 Å². The molecule has 3 aliphatic rings. The van der Waals surface area contributed by atoms with Crippen molar-refractivity contribution in [1.82, 2.24) is 4.90 Å². The molecule has 1 aromatic carbocycles. The summed E-state index contributed by atoms with van der Waals surface area (Å²) in [4.78, 5) is 28.7. The molecule has 1 amide bonds. The smallest absolute Gasteiger partial charge is 0.310 e. The lowest BCUT2D eigenvalue weighted by atomic mass is 9.82. The Morgan fingerprint density at radius 1 is 1.04 bits per heavy atom. The molecule has 2 saturated heterocycles. The highest BCUT2D eigenvalue weighted by atomic mass is 16.5. The number of rotatable bonds is 3. The second-order valence-corrected chi connectivity index (χ2v) is 7.37. The lowest BCUT2D eigenvalue weighted by Gasteiger charge is -2.39. The Morgan fingerprint density at radius 3 is 2.35 bits per heavy atom. The Morgan fingerprint density at radius 2 is 1.69 bits per heavy atom. The lowest BCUT2D eigenvalue weighted by molar-refractivity contribution is -0.149. The normalized spacial score (nSPS) is 30.1. The highest BCUT2D eigenvalue weighted by Gasteiger charge is 2.54. The van der Waals surface area contributed by atoms with Gasteiger partial charge in [-0.15, -0.1) is 0 Å². The average Bonchev–Trinajstić information content (AvgIpc) is 3.25. The van der Waals surface area contributed by atoms with Crippen molar-refractivity contribution in [3.8, 4) is 0 Å². The van der Waals surface area contributed by atoms with Crippen LogP contribution in [0.2, 0.25) is 0 Å². The Balaban J connectivity index is 1.45. The highest BCUT2D eigenvalue weighted by molar-refractivity contribution is 5.87. The zero-order valence-corrected chi connectivity index (χ0v) is 15.1. The number of aryl methyl sites for hydroxylation is 1. The van der Waals surface area contributed by atoms with Crippen LogP contribution in [-0.2, 0) is 14.3 Å². The van der Waals surface area contributed by atoms with Gasteiger partial charge in [-0.05, 0) is 31.0 Å². The van der Waals surface area contributed by atoms with Gasteiger partial charge in [0.05, 0.1) is 18.1 Å². The van der Waals surface area contributed by atoms with Crippen molar-refractivity contribution in [3.63, 3.8) is 0 Å². The van der Waals surface area contributed by atoms with Crippen molar-refractivity contribution in [1.29, 1.82) is 0 Å². The zero-order chi connectivity index (χ0) is 18.4. The van der Waals surface area contributed by atoms with Gasteiger partial charge in [0.2, 0.25) is 5.91 Å². The first-order chi connectivity index (χ1) is 12.5. The molecule has 4 rings (SSSR count). The number of hydrogen-bond donors (Lipinski definition) is 1. The van der Waals surface area contributed by atoms with E-state index in [0.29, 0.717) is 13.1 Å². The standard InChI is InChI=1S/C20H24N2O4/c1-12-4-3-5-14(13(12)2)21-8-10-22(11-9-21)19(23)17-15-6-7-16(26-15)18(17)20(24)25/h3-7,15-18H,8-11H2,1-2H3,(H,24,25)/t15-,16-,17+,18-/m0/s1. The molecule has 0 unspecified atom stereocenters. The molecular weight excluding hydrogens is 332 g/mol. The first-order valence-corrected chi connectivity index (χ1v) is 9.14. The summed E-state index contributed by atoms with van der Waals surface area (Å²) in [6.07, 6.45) is 2.73. The quantitative estimate of drug-likeness (QED) is 0.833. The van der Waals surface area contributed by atoms with E-state index in [-0.39, 0.29) is 5.91 Å². The van der Waals surface area contributed by atoms with E-state index in [1.165, 1.54) is 16.8 Å². The van der Waals surface area contributed by atoms with Crippen molar-refractivity contribution in [2.24, 2.45) is 11.8 Å². The van der Waals surface area contributed by atoms with Crippen molar-refractivity contribution in [3.05, 3.63) is 41.5 Å². The van der Waals surface area contributed by atoms with Crippen LogP contribution in [0.25, 0.3) is 0 Å². The van der Waals surface area contributed by atoms with Crippen LogP contribution in [0.4, 0.5) is 5.69 Å². The van der Waals surface area contributed by atoms with Gasteiger partial charge in [0.1, 0.15) is 5.92 Å². The molecule has 0 spiro atoms. The molecule has 0 saturated carbocycles. The van der Waals surface area contributed by atoms with E-state index >= 15 is 0 Å². The highest BCUT2D eigenvalue weighted by Crippen LogP contribution is 2.40. The first kappa shape index (κ1) is 17.1. The van der Waals surface area contributed by atoms with Gasteiger partial charge in [-0.1, -0.05) is 24.3 Å². The number of anilines is 1. The maximum absolute atomic E-state index is 13.0. The Hall–Kier alpha value is -2.34. The number of amides is 1. The fourth-order valence-corrected chi connectivity index (χ4v) is 4.35. The molecule has 6 heteroatoms. The Bertz CT molecular complexity index is 767. The van der Waals surface area contributed by atoms with Crippen molar-refractivity contribution < 1.29 is 19.4 Å². The van der Waals surface area contributed by atoms with Crippen molar-refractivity contribution >= 4 is 17.6 Å². The summed E-state index contributed by atoms with van der Waals surface area (Å²) < 4.78 is 5.64. The molecule has 3 aliphatic heterocycles. The van der Waals surface area contributed by atoms with Crippen LogP contribution in [-0.4, -0.2) is 60.3 Å². The van der Waals surface area contributed by atoms with Crippen molar-refractivity contribution in [2.45, 2.75) is 26.1 Å². The molecule has 0 aromatic heterocycles. The summed E-state index contributed by atoms with van der Waals surface area (Å²) in [5, 5.41) is 9.51. The van der Waals surface area contributed by atoms with E-state index in [1.807, 2.05) is 6.08 Å². The molecular formula is C20H24N2O4. The number of carbonyl (C=O) groups excluding carboxylic acids is 1. The van der Waals surface area contributed by atoms with E-state index in [1.54, 1.807) is 11.0 Å². The lowest BCUT2D eigenvalue weighted by Crippen LogP contribution is -2.53. The molecule has 0 aliphatic carbocycles. The number of aliphatic carboxylic acids is 1. The molecule has 2 fully saturated rings. The second kappa shape index (κ2) is 6.43. The minimum Gasteiger partial charge on any atom is -0.481 e. The Kier molecular flexibility index (Phi) is 4.23. The second-order valence-electron chi connectivity index (χ2n) is 7.37. The minimum atomic E-state index is -0.950. The summed E-state index contributed by atoms with van der Waals surface area (Å²) in [5.74, 6) is -2.41. The third kappa shape index (κ3) is 2.69. The number of fused-ring (bicyclic) bond motifs is 2. The molecule has 2 bridgehead atoms. The SMILES string of the molecule is Cc1cccc(N2CCN(C(=O)[C@H]3[C@@H](C(=O)O)[C@@H]4C=C[C@@H]3O4)CC2)c1C. The number of piperazine rings is 1. The third-order valence-corrected chi connectivity index (χ3v) is 5.98. The van der Waals surface area contributed by atoms with Gasteiger partial charge >= 0.3 is 5.97 Å². The molecule has 1 aromatic rings. The minimum absolute atomic E-state index is 0.0881. The maximum Gasteiger partial charge on any atom is 0.310 e. The number of nitrogens with zero attached hydrogens (tertiary/aromatic N) is 2. The monoisotopic (exact) mass is 356 g/mol. The van der Waals surface area contributed by atoms with E-state index in [0.717, 1.165) is 13.1 Å². The molecule has 0 radical (unpaired) electrons. The van der Waals surface area contributed by atoms with Gasteiger partial charge in [-0.2, -0.15) is 0 Å². The van der Waals surface area contributed by atoms with Gasteiger partial charge < -0.3 is 19.6 Å². The van der Waals surface area contributed by atoms with Gasteiger partial charge in [-0.25, -0.2) is 0 Å². The predicted molar refractivity (Wildman–Crippen MR) is 97.1 cm³/mol. The van der Waals surface area contributed by atoms with Gasteiger partial charge in [0, 0.05) is 31.9 Å². The number of carboxylic acid groups (broad SMARTS) is 1. The summed E-state index contributed by atoms with van der Waals surface area (Å²) in [6, 6.07) is 6.29. The summed E-state index contributed by atoms with van der Waals surface area (Å²) >= 11 is 0. The number of benzene rings is 1. The molecule has 1 N–H and O–H groups in total. The third-order valence-electron chi connectivity index (χ3n) is 5.98. The number of carbonyl (C=O) groups is 2. The van der Waals surface area contributed by atoms with Crippen LogP contribution < -0.4 is 4.90 Å². The molecule has 138 valence electrons. The van der Waals surface area contributed by atoms with Crippen LogP contribution >= 0.6 is 0 Å². The zero-order valence-electron chi connectivity index (χ0n) is 15.1. The first-order valence-electron chi connectivity index (χ1n) is 9.14. The average molecular weight is 356 g/mol. The van der Waals surface area contributed by atoms with Crippen LogP contribution in [0.15, 0.2) is 30.4 Å². The topological polar surface area (TPSA) is 70.1 Å². The maximum atomic E-state index is 13.0. The van der Waals surface area contributed by atoms with Gasteiger partial charge in [0.25, 0.3) is 0 Å². The van der Waals surface area contributed by atoms with E-state index in [2.05, 4.69) is 36.9 Å². The molecule has 6 nitrogen and oxygen atoms in total. The van der Waals surface area contributed by atoms with Crippen LogP contribution in [0.3, 0.4) is 0 Å². The van der Waals surface area contributed by atoms with Gasteiger partial charge in [0.15, 0.2) is 0 Å². The number of hydrogen-bond acceptors (Lipinski definition) is 4. The fraction of sp³-hybridized carbons (Fsp3) is 0.500. The van der Waals surface area contributed by atoms with Crippen molar-refractivity contribution in [2.75, 3.05) is 31.1 Å². The van der Waals surface area contributed by atoms with Gasteiger partial charge in [-0.3, -0.25) is 9.59 Å².